The van der Waals surface area contributed by atoms with Gasteiger partial charge in [-0.1, -0.05) is 47.8 Å². The van der Waals surface area contributed by atoms with E-state index in [9.17, 15) is 0 Å². The van der Waals surface area contributed by atoms with Crippen LogP contribution in [0.15, 0.2) is 69.3 Å². The predicted molar refractivity (Wildman–Crippen MR) is 75.5 cm³/mol. The summed E-state index contributed by atoms with van der Waals surface area (Å²) in [6.07, 6.45) is 4.23. The maximum atomic E-state index is 2.26. The van der Waals surface area contributed by atoms with E-state index in [0.29, 0.717) is 0 Å². The standard InChI is InChI=1S/2C4H4S.C4H6Si/c3*1-2-4-5-3-1/h2*1-4H;1-4H,5H2. The summed E-state index contributed by atoms with van der Waals surface area (Å²) in [7, 11) is 0.182. The minimum atomic E-state index is 0.182. The van der Waals surface area contributed by atoms with Crippen molar-refractivity contribution in [1.29, 1.82) is 0 Å². The zero-order valence-electron chi connectivity index (χ0n) is 8.45. The van der Waals surface area contributed by atoms with Gasteiger partial charge in [-0.3, -0.25) is 0 Å². The Morgan fingerprint density at radius 1 is 0.600 bits per heavy atom. The summed E-state index contributed by atoms with van der Waals surface area (Å²) in [6.45, 7) is 0. The fourth-order valence-corrected chi connectivity index (χ4v) is 2.54. The molecule has 0 spiro atoms. The molecule has 78 valence electrons. The van der Waals surface area contributed by atoms with Crippen molar-refractivity contribution in [3.05, 3.63) is 69.3 Å². The predicted octanol–water partition coefficient (Wildman–Crippen LogP) is 3.69. The molecule has 0 bridgehead atoms. The first-order valence-electron chi connectivity index (χ1n) is 4.76. The van der Waals surface area contributed by atoms with Crippen LogP contribution in [0.2, 0.25) is 0 Å². The van der Waals surface area contributed by atoms with Crippen LogP contribution < -0.4 is 0 Å². The molecule has 3 heterocycles. The summed E-state index contributed by atoms with van der Waals surface area (Å²) >= 11 is 3.43. The summed E-state index contributed by atoms with van der Waals surface area (Å²) in [6, 6.07) is 8.07. The summed E-state index contributed by atoms with van der Waals surface area (Å²) < 4.78 is 0. The minimum absolute atomic E-state index is 0.182. The summed E-state index contributed by atoms with van der Waals surface area (Å²) in [5.74, 6) is 0. The number of allylic oxidation sites excluding steroid dienone is 2. The highest BCUT2D eigenvalue weighted by Gasteiger charge is 1.73. The van der Waals surface area contributed by atoms with Crippen LogP contribution in [0.1, 0.15) is 0 Å². The molecule has 0 aliphatic carbocycles. The maximum absolute atomic E-state index is 2.26. The average Bonchev–Trinajstić information content (AvgIpc) is 3.09. The van der Waals surface area contributed by atoms with Gasteiger partial charge in [0.1, 0.15) is 0 Å². The van der Waals surface area contributed by atoms with Crippen LogP contribution in [0.4, 0.5) is 0 Å². The molecule has 0 fully saturated rings. The van der Waals surface area contributed by atoms with Gasteiger partial charge in [-0.2, -0.15) is 22.7 Å². The Morgan fingerprint density at radius 2 is 1.00 bits per heavy atom. The van der Waals surface area contributed by atoms with Crippen molar-refractivity contribution in [2.24, 2.45) is 0 Å². The van der Waals surface area contributed by atoms with E-state index in [-0.39, 0.29) is 9.52 Å². The number of hydrogen-bond donors (Lipinski definition) is 0. The van der Waals surface area contributed by atoms with Gasteiger partial charge in [0.15, 0.2) is 0 Å². The highest BCUT2D eigenvalue weighted by Crippen LogP contribution is 1.92. The van der Waals surface area contributed by atoms with Crippen LogP contribution in [-0.4, -0.2) is 9.52 Å². The molecule has 2 aromatic heterocycles. The fraction of sp³-hybridized carbons (Fsp3) is 0. The van der Waals surface area contributed by atoms with Crippen molar-refractivity contribution in [1.82, 2.24) is 0 Å². The number of thiophene rings is 2. The summed E-state index contributed by atoms with van der Waals surface area (Å²) in [5.41, 5.74) is 4.53. The first kappa shape index (κ1) is 12.2. The average molecular weight is 250 g/mol. The SMILES string of the molecule is C1=C[SiH2]C=C1.c1ccsc1.c1ccsc1. The van der Waals surface area contributed by atoms with Gasteiger partial charge in [-0.15, -0.1) is 0 Å². The molecular formula is C12H14S2Si. The molecule has 1 aliphatic heterocycles. The second-order valence-electron chi connectivity index (χ2n) is 2.68. The van der Waals surface area contributed by atoms with Gasteiger partial charge in [0.25, 0.3) is 0 Å². The molecule has 0 nitrogen and oxygen atoms in total. The molecule has 0 saturated carbocycles. The lowest BCUT2D eigenvalue weighted by Gasteiger charge is -1.54. The quantitative estimate of drug-likeness (QED) is 0.626. The molecule has 0 aromatic carbocycles. The molecule has 0 saturated heterocycles. The molecule has 3 rings (SSSR count). The van der Waals surface area contributed by atoms with Gasteiger partial charge in [-0.25, -0.2) is 0 Å². The second kappa shape index (κ2) is 9.64. The van der Waals surface area contributed by atoms with E-state index >= 15 is 0 Å². The third-order valence-electron chi connectivity index (χ3n) is 1.51. The molecule has 0 amide bonds. The van der Waals surface area contributed by atoms with Gasteiger partial charge in [0.05, 0.1) is 9.52 Å². The fourth-order valence-electron chi connectivity index (χ4n) is 0.846. The minimum Gasteiger partial charge on any atom is -0.152 e. The van der Waals surface area contributed by atoms with Crippen LogP contribution >= 0.6 is 22.7 Å². The Labute approximate surface area is 101 Å². The maximum Gasteiger partial charge on any atom is 0.0691 e. The van der Waals surface area contributed by atoms with E-state index < -0.39 is 0 Å². The Bertz CT molecular complexity index is 276. The lowest BCUT2D eigenvalue weighted by molar-refractivity contribution is 2.03. The van der Waals surface area contributed by atoms with Crippen molar-refractivity contribution in [2.75, 3.05) is 0 Å². The largest absolute Gasteiger partial charge is 0.152 e. The van der Waals surface area contributed by atoms with Crippen molar-refractivity contribution in [3.8, 4) is 0 Å². The van der Waals surface area contributed by atoms with E-state index in [1.807, 2.05) is 45.8 Å². The summed E-state index contributed by atoms with van der Waals surface area (Å²) in [4.78, 5) is 0. The molecule has 3 heteroatoms. The zero-order valence-corrected chi connectivity index (χ0v) is 11.5. The molecule has 1 aliphatic rings. The Balaban J connectivity index is 0.000000112. The van der Waals surface area contributed by atoms with Crippen LogP contribution in [0.3, 0.4) is 0 Å². The second-order valence-corrected chi connectivity index (χ2v) is 5.73. The highest BCUT2D eigenvalue weighted by atomic mass is 32.1. The lowest BCUT2D eigenvalue weighted by Crippen LogP contribution is -1.63. The van der Waals surface area contributed by atoms with E-state index in [4.69, 9.17) is 0 Å². The van der Waals surface area contributed by atoms with Crippen molar-refractivity contribution >= 4 is 32.2 Å². The van der Waals surface area contributed by atoms with E-state index in [2.05, 4.69) is 23.6 Å². The van der Waals surface area contributed by atoms with Crippen molar-refractivity contribution < 1.29 is 0 Å². The molecule has 2 aromatic rings. The van der Waals surface area contributed by atoms with Gasteiger partial charge in [-0.05, 0) is 21.5 Å². The first-order valence-corrected chi connectivity index (χ1v) is 8.28. The molecule has 15 heavy (non-hydrogen) atoms. The van der Waals surface area contributed by atoms with E-state index in [1.54, 1.807) is 22.7 Å². The van der Waals surface area contributed by atoms with Crippen LogP contribution in [0.25, 0.3) is 0 Å². The molecule has 0 unspecified atom stereocenters. The van der Waals surface area contributed by atoms with Gasteiger partial charge in [0, 0.05) is 0 Å². The topological polar surface area (TPSA) is 0 Å². The Hall–Kier alpha value is -0.903. The third kappa shape index (κ3) is 8.12. The van der Waals surface area contributed by atoms with E-state index in [1.165, 1.54) is 0 Å². The Morgan fingerprint density at radius 3 is 1.13 bits per heavy atom. The van der Waals surface area contributed by atoms with Crippen molar-refractivity contribution in [2.45, 2.75) is 0 Å². The zero-order chi connectivity index (χ0) is 10.6. The van der Waals surface area contributed by atoms with Gasteiger partial charge >= 0.3 is 0 Å². The highest BCUT2D eigenvalue weighted by molar-refractivity contribution is 7.08. The van der Waals surface area contributed by atoms with E-state index in [0.717, 1.165) is 0 Å². The Kier molecular flexibility index (Phi) is 7.82. The molecule has 0 N–H and O–H groups in total. The van der Waals surface area contributed by atoms with Gasteiger partial charge in [0.2, 0.25) is 0 Å². The number of rotatable bonds is 0. The molecular weight excluding hydrogens is 236 g/mol. The molecule has 0 atom stereocenters. The van der Waals surface area contributed by atoms with Crippen LogP contribution in [-0.2, 0) is 0 Å². The smallest absolute Gasteiger partial charge is 0.0691 e. The third-order valence-corrected chi connectivity index (χ3v) is 3.85. The lowest BCUT2D eigenvalue weighted by atomic mass is 10.6. The summed E-state index contributed by atoms with van der Waals surface area (Å²) in [5, 5.41) is 8.17. The van der Waals surface area contributed by atoms with Crippen molar-refractivity contribution in [3.63, 3.8) is 0 Å². The normalized spacial score (nSPS) is 11.2. The monoisotopic (exact) mass is 250 g/mol. The number of hydrogen-bond acceptors (Lipinski definition) is 2. The van der Waals surface area contributed by atoms with Crippen LogP contribution in [0, 0.1) is 0 Å². The molecule has 0 radical (unpaired) electrons. The van der Waals surface area contributed by atoms with Crippen LogP contribution in [0.5, 0.6) is 0 Å². The van der Waals surface area contributed by atoms with Gasteiger partial charge < -0.3 is 0 Å². The first-order chi connectivity index (χ1) is 7.50.